The maximum atomic E-state index is 13.1. The number of rotatable bonds is 3. The summed E-state index contributed by atoms with van der Waals surface area (Å²) < 4.78 is 25.9. The Morgan fingerprint density at radius 2 is 2.19 bits per heavy atom. The first kappa shape index (κ1) is 11.8. The lowest BCUT2D eigenvalue weighted by molar-refractivity contribution is 0.397. The van der Waals surface area contributed by atoms with Crippen LogP contribution in [-0.4, -0.2) is 11.5 Å². The molecule has 0 aromatic heterocycles. The average molecular weight is 244 g/mol. The van der Waals surface area contributed by atoms with Crippen LogP contribution < -0.4 is 11.3 Å². The third-order valence-electron chi connectivity index (χ3n) is 2.92. The second kappa shape index (κ2) is 5.12. The number of hydrazine groups is 1. The number of hydrogen-bond donors (Lipinski definition) is 2. The van der Waals surface area contributed by atoms with Gasteiger partial charge in [0.25, 0.3) is 0 Å². The van der Waals surface area contributed by atoms with Gasteiger partial charge in [-0.3, -0.25) is 11.3 Å². The first-order chi connectivity index (χ1) is 7.72. The van der Waals surface area contributed by atoms with Gasteiger partial charge in [-0.2, -0.15) is 11.8 Å². The monoisotopic (exact) mass is 244 g/mol. The molecule has 2 nitrogen and oxygen atoms in total. The Morgan fingerprint density at radius 3 is 2.75 bits per heavy atom. The summed E-state index contributed by atoms with van der Waals surface area (Å²) in [5, 5.41) is 0. The molecule has 1 aliphatic rings. The van der Waals surface area contributed by atoms with Gasteiger partial charge in [0.15, 0.2) is 11.6 Å². The van der Waals surface area contributed by atoms with Crippen LogP contribution in [0.5, 0.6) is 0 Å². The molecule has 1 aromatic carbocycles. The van der Waals surface area contributed by atoms with Crippen molar-refractivity contribution in [2.75, 3.05) is 11.5 Å². The molecule has 1 aromatic rings. The highest BCUT2D eigenvalue weighted by atomic mass is 32.2. The van der Waals surface area contributed by atoms with Gasteiger partial charge in [0.1, 0.15) is 0 Å². The number of thioether (sulfide) groups is 1. The second-order valence-electron chi connectivity index (χ2n) is 3.94. The summed E-state index contributed by atoms with van der Waals surface area (Å²) in [5.74, 6) is 6.36. The fourth-order valence-electron chi connectivity index (χ4n) is 2.03. The maximum absolute atomic E-state index is 13.1. The van der Waals surface area contributed by atoms with Crippen molar-refractivity contribution in [2.24, 2.45) is 11.8 Å². The molecule has 0 radical (unpaired) electrons. The van der Waals surface area contributed by atoms with E-state index in [2.05, 4.69) is 5.43 Å². The van der Waals surface area contributed by atoms with Gasteiger partial charge < -0.3 is 0 Å². The topological polar surface area (TPSA) is 38.0 Å². The van der Waals surface area contributed by atoms with E-state index in [0.29, 0.717) is 11.5 Å². The van der Waals surface area contributed by atoms with Gasteiger partial charge in [-0.25, -0.2) is 8.78 Å². The van der Waals surface area contributed by atoms with E-state index in [1.165, 1.54) is 6.07 Å². The lowest BCUT2D eigenvalue weighted by Gasteiger charge is -2.22. The minimum Gasteiger partial charge on any atom is -0.271 e. The molecule has 0 bridgehead atoms. The predicted molar refractivity (Wildman–Crippen MR) is 61.9 cm³/mol. The summed E-state index contributed by atoms with van der Waals surface area (Å²) >= 11 is 1.86. The minimum absolute atomic E-state index is 0.0925. The highest BCUT2D eigenvalue weighted by Gasteiger charge is 2.26. The van der Waals surface area contributed by atoms with Gasteiger partial charge in [-0.05, 0) is 41.5 Å². The fourth-order valence-corrected chi connectivity index (χ4v) is 3.32. The summed E-state index contributed by atoms with van der Waals surface area (Å²) in [7, 11) is 0. The zero-order valence-corrected chi connectivity index (χ0v) is 9.57. The van der Waals surface area contributed by atoms with Gasteiger partial charge >= 0.3 is 0 Å². The van der Waals surface area contributed by atoms with Crippen molar-refractivity contribution >= 4 is 11.8 Å². The van der Waals surface area contributed by atoms with Crippen LogP contribution >= 0.6 is 11.8 Å². The molecule has 0 aliphatic carbocycles. The van der Waals surface area contributed by atoms with Crippen LogP contribution in [0.15, 0.2) is 18.2 Å². The highest BCUT2D eigenvalue weighted by Crippen LogP contribution is 2.34. The Labute approximate surface area is 97.6 Å². The number of nitrogens with one attached hydrogen (secondary N) is 1. The Kier molecular flexibility index (Phi) is 3.78. The summed E-state index contributed by atoms with van der Waals surface area (Å²) in [6, 6.07) is 3.87. The largest absolute Gasteiger partial charge is 0.271 e. The molecule has 1 aliphatic heterocycles. The lowest BCUT2D eigenvalue weighted by Crippen LogP contribution is -2.33. The molecule has 88 valence electrons. The van der Waals surface area contributed by atoms with Crippen molar-refractivity contribution in [3.05, 3.63) is 35.4 Å². The van der Waals surface area contributed by atoms with E-state index in [-0.39, 0.29) is 6.04 Å². The summed E-state index contributed by atoms with van der Waals surface area (Å²) in [6.45, 7) is 0. The first-order valence-corrected chi connectivity index (χ1v) is 6.36. The van der Waals surface area contributed by atoms with Crippen LogP contribution in [0.3, 0.4) is 0 Å². The minimum atomic E-state index is -0.819. The standard InChI is InChI=1S/C11H14F2N2S/c12-9-2-1-7(5-10(9)13)11(15-14)8-3-4-16-6-8/h1-2,5,8,11,15H,3-4,6,14H2. The number of nitrogens with two attached hydrogens (primary N) is 1. The Hall–Kier alpha value is -0.650. The van der Waals surface area contributed by atoms with E-state index in [9.17, 15) is 8.78 Å². The quantitative estimate of drug-likeness (QED) is 0.632. The van der Waals surface area contributed by atoms with E-state index < -0.39 is 11.6 Å². The van der Waals surface area contributed by atoms with Crippen LogP contribution in [-0.2, 0) is 0 Å². The van der Waals surface area contributed by atoms with Crippen LogP contribution in [0, 0.1) is 17.6 Å². The molecule has 16 heavy (non-hydrogen) atoms. The van der Waals surface area contributed by atoms with Crippen molar-refractivity contribution in [3.8, 4) is 0 Å². The molecule has 5 heteroatoms. The third kappa shape index (κ3) is 2.36. The fraction of sp³-hybridized carbons (Fsp3) is 0.455. The van der Waals surface area contributed by atoms with E-state index in [1.54, 1.807) is 6.07 Å². The van der Waals surface area contributed by atoms with Crippen LogP contribution in [0.1, 0.15) is 18.0 Å². The molecule has 2 rings (SSSR count). The van der Waals surface area contributed by atoms with Gasteiger partial charge in [0, 0.05) is 6.04 Å². The van der Waals surface area contributed by atoms with Gasteiger partial charge in [-0.15, -0.1) is 0 Å². The van der Waals surface area contributed by atoms with E-state index in [4.69, 9.17) is 5.84 Å². The maximum Gasteiger partial charge on any atom is 0.159 e. The number of hydrogen-bond acceptors (Lipinski definition) is 3. The molecule has 1 saturated heterocycles. The molecule has 2 atom stereocenters. The lowest BCUT2D eigenvalue weighted by atomic mass is 9.93. The van der Waals surface area contributed by atoms with Crippen molar-refractivity contribution < 1.29 is 8.78 Å². The van der Waals surface area contributed by atoms with Crippen LogP contribution in [0.4, 0.5) is 8.78 Å². The van der Waals surface area contributed by atoms with Gasteiger partial charge in [0.2, 0.25) is 0 Å². The Balaban J connectivity index is 2.22. The number of benzene rings is 1. The molecule has 3 N–H and O–H groups in total. The molecule has 1 heterocycles. The molecule has 1 fully saturated rings. The molecule has 0 spiro atoms. The smallest absolute Gasteiger partial charge is 0.159 e. The van der Waals surface area contributed by atoms with Crippen LogP contribution in [0.25, 0.3) is 0 Å². The van der Waals surface area contributed by atoms with Crippen molar-refractivity contribution in [1.29, 1.82) is 0 Å². The normalized spacial score (nSPS) is 22.3. The molecular weight excluding hydrogens is 230 g/mol. The molecule has 0 saturated carbocycles. The molecular formula is C11H14F2N2S. The van der Waals surface area contributed by atoms with E-state index in [0.717, 1.165) is 24.0 Å². The highest BCUT2D eigenvalue weighted by molar-refractivity contribution is 7.99. The van der Waals surface area contributed by atoms with E-state index >= 15 is 0 Å². The van der Waals surface area contributed by atoms with Gasteiger partial charge in [-0.1, -0.05) is 6.07 Å². The first-order valence-electron chi connectivity index (χ1n) is 5.21. The van der Waals surface area contributed by atoms with Gasteiger partial charge in [0.05, 0.1) is 0 Å². The zero-order valence-electron chi connectivity index (χ0n) is 8.75. The number of halogens is 2. The van der Waals surface area contributed by atoms with Crippen LogP contribution in [0.2, 0.25) is 0 Å². The van der Waals surface area contributed by atoms with Crippen molar-refractivity contribution in [2.45, 2.75) is 12.5 Å². The third-order valence-corrected chi connectivity index (χ3v) is 4.11. The summed E-state index contributed by atoms with van der Waals surface area (Å²) in [5.41, 5.74) is 3.42. The molecule has 0 amide bonds. The van der Waals surface area contributed by atoms with Crippen molar-refractivity contribution in [1.82, 2.24) is 5.43 Å². The average Bonchev–Trinajstić information content (AvgIpc) is 2.78. The van der Waals surface area contributed by atoms with E-state index in [1.807, 2.05) is 11.8 Å². The second-order valence-corrected chi connectivity index (χ2v) is 5.09. The SMILES string of the molecule is NNC(c1ccc(F)c(F)c1)C1CCSC1. The summed E-state index contributed by atoms with van der Waals surface area (Å²) in [6.07, 6.45) is 1.05. The van der Waals surface area contributed by atoms with Crippen molar-refractivity contribution in [3.63, 3.8) is 0 Å². The molecule has 2 unspecified atom stereocenters. The Bertz CT molecular complexity index is 367. The Morgan fingerprint density at radius 1 is 1.38 bits per heavy atom. The summed E-state index contributed by atoms with van der Waals surface area (Å²) in [4.78, 5) is 0. The predicted octanol–water partition coefficient (Wildman–Crippen LogP) is 2.22. The zero-order chi connectivity index (χ0) is 11.5.